The Kier molecular flexibility index (Phi) is 5.26. The summed E-state index contributed by atoms with van der Waals surface area (Å²) in [7, 11) is 1.80. The van der Waals surface area contributed by atoms with Crippen LogP contribution in [0.25, 0.3) is 0 Å². The first-order valence-electron chi connectivity index (χ1n) is 6.49. The average molecular weight is 226 g/mol. The van der Waals surface area contributed by atoms with Crippen molar-refractivity contribution in [1.29, 1.82) is 0 Å². The van der Waals surface area contributed by atoms with E-state index in [1.165, 1.54) is 32.1 Å². The lowest BCUT2D eigenvalue weighted by molar-refractivity contribution is -0.120. The number of hydrogen-bond acceptors (Lipinski definition) is 2. The van der Waals surface area contributed by atoms with E-state index in [0.29, 0.717) is 12.0 Å². The fourth-order valence-corrected chi connectivity index (χ4v) is 2.95. The number of hydrogen-bond donors (Lipinski definition) is 2. The third-order valence-electron chi connectivity index (χ3n) is 3.50. The minimum Gasteiger partial charge on any atom is -0.354 e. The van der Waals surface area contributed by atoms with Crippen molar-refractivity contribution in [3.63, 3.8) is 0 Å². The van der Waals surface area contributed by atoms with Crippen LogP contribution in [0.2, 0.25) is 0 Å². The standard InChI is InChI=1S/C13H26N2O/c1-11(2)8-13(6-4-5-7-13)10-15-12(16)9-14-3/h11,14H,4-10H2,1-3H3,(H,15,16). The molecule has 0 unspecified atom stereocenters. The Bertz CT molecular complexity index is 220. The molecule has 0 bridgehead atoms. The molecule has 1 saturated carbocycles. The van der Waals surface area contributed by atoms with Crippen molar-refractivity contribution >= 4 is 5.91 Å². The van der Waals surface area contributed by atoms with E-state index in [1.54, 1.807) is 7.05 Å². The van der Waals surface area contributed by atoms with E-state index in [1.807, 2.05) is 0 Å². The predicted octanol–water partition coefficient (Wildman–Crippen LogP) is 1.93. The summed E-state index contributed by atoms with van der Waals surface area (Å²) in [6.07, 6.45) is 6.46. The summed E-state index contributed by atoms with van der Waals surface area (Å²) in [5.41, 5.74) is 0.386. The second-order valence-electron chi connectivity index (χ2n) is 5.61. The highest BCUT2D eigenvalue weighted by molar-refractivity contribution is 5.77. The van der Waals surface area contributed by atoms with Crippen molar-refractivity contribution in [3.05, 3.63) is 0 Å². The van der Waals surface area contributed by atoms with E-state index < -0.39 is 0 Å². The first kappa shape index (κ1) is 13.5. The smallest absolute Gasteiger partial charge is 0.233 e. The molecule has 0 radical (unpaired) electrons. The molecule has 94 valence electrons. The minimum absolute atomic E-state index is 0.123. The summed E-state index contributed by atoms with van der Waals surface area (Å²) in [6, 6.07) is 0. The van der Waals surface area contributed by atoms with Gasteiger partial charge in [-0.05, 0) is 37.6 Å². The second kappa shape index (κ2) is 6.24. The molecule has 1 amide bonds. The molecule has 0 aromatic rings. The van der Waals surface area contributed by atoms with Gasteiger partial charge in [-0.2, -0.15) is 0 Å². The maximum Gasteiger partial charge on any atom is 0.233 e. The summed E-state index contributed by atoms with van der Waals surface area (Å²) in [6.45, 7) is 5.84. The third kappa shape index (κ3) is 4.12. The van der Waals surface area contributed by atoms with Crippen LogP contribution in [0.3, 0.4) is 0 Å². The number of likely N-dealkylation sites (N-methyl/N-ethyl adjacent to an activating group) is 1. The van der Waals surface area contributed by atoms with Crippen molar-refractivity contribution in [2.75, 3.05) is 20.1 Å². The molecular formula is C13H26N2O. The summed E-state index contributed by atoms with van der Waals surface area (Å²) < 4.78 is 0. The van der Waals surface area contributed by atoms with E-state index in [0.717, 1.165) is 12.5 Å². The third-order valence-corrected chi connectivity index (χ3v) is 3.50. The van der Waals surface area contributed by atoms with Gasteiger partial charge in [-0.1, -0.05) is 26.7 Å². The van der Waals surface area contributed by atoms with Gasteiger partial charge in [0.15, 0.2) is 0 Å². The van der Waals surface area contributed by atoms with Crippen LogP contribution in [-0.4, -0.2) is 26.0 Å². The molecule has 0 saturated heterocycles. The molecule has 0 aliphatic heterocycles. The van der Waals surface area contributed by atoms with Crippen molar-refractivity contribution in [3.8, 4) is 0 Å². The van der Waals surface area contributed by atoms with Gasteiger partial charge in [0, 0.05) is 6.54 Å². The van der Waals surface area contributed by atoms with Gasteiger partial charge >= 0.3 is 0 Å². The Labute approximate surface area is 99.4 Å². The van der Waals surface area contributed by atoms with Gasteiger partial charge in [-0.3, -0.25) is 4.79 Å². The minimum atomic E-state index is 0.123. The number of carbonyl (C=O) groups is 1. The van der Waals surface area contributed by atoms with E-state index in [-0.39, 0.29) is 5.91 Å². The molecule has 1 fully saturated rings. The fourth-order valence-electron chi connectivity index (χ4n) is 2.95. The van der Waals surface area contributed by atoms with Crippen LogP contribution in [0.4, 0.5) is 0 Å². The molecule has 0 aromatic carbocycles. The topological polar surface area (TPSA) is 41.1 Å². The van der Waals surface area contributed by atoms with E-state index in [9.17, 15) is 4.79 Å². The monoisotopic (exact) mass is 226 g/mol. The van der Waals surface area contributed by atoms with E-state index in [2.05, 4.69) is 24.5 Å². The number of rotatable bonds is 6. The highest BCUT2D eigenvalue weighted by atomic mass is 16.1. The van der Waals surface area contributed by atoms with E-state index >= 15 is 0 Å². The van der Waals surface area contributed by atoms with Gasteiger partial charge in [-0.25, -0.2) is 0 Å². The van der Waals surface area contributed by atoms with Crippen LogP contribution < -0.4 is 10.6 Å². The van der Waals surface area contributed by atoms with Gasteiger partial charge in [0.2, 0.25) is 5.91 Å². The Balaban J connectivity index is 2.42. The molecule has 3 nitrogen and oxygen atoms in total. The van der Waals surface area contributed by atoms with Crippen LogP contribution in [0.15, 0.2) is 0 Å². The Morgan fingerprint density at radius 2 is 1.94 bits per heavy atom. The zero-order valence-corrected chi connectivity index (χ0v) is 10.9. The highest BCUT2D eigenvalue weighted by Crippen LogP contribution is 2.42. The van der Waals surface area contributed by atoms with Crippen molar-refractivity contribution in [2.45, 2.75) is 46.0 Å². The SMILES string of the molecule is CNCC(=O)NCC1(CC(C)C)CCCC1. The molecule has 1 aliphatic rings. The molecule has 1 aliphatic carbocycles. The Morgan fingerprint density at radius 1 is 1.31 bits per heavy atom. The van der Waals surface area contributed by atoms with Gasteiger partial charge in [0.1, 0.15) is 0 Å². The largest absolute Gasteiger partial charge is 0.354 e. The molecular weight excluding hydrogens is 200 g/mol. The van der Waals surface area contributed by atoms with Crippen LogP contribution in [0.5, 0.6) is 0 Å². The zero-order chi connectivity index (χ0) is 12.0. The molecule has 0 heterocycles. The van der Waals surface area contributed by atoms with Gasteiger partial charge < -0.3 is 10.6 Å². The van der Waals surface area contributed by atoms with Gasteiger partial charge in [0.05, 0.1) is 6.54 Å². The molecule has 0 aromatic heterocycles. The number of amides is 1. The summed E-state index contributed by atoms with van der Waals surface area (Å²) in [5.74, 6) is 0.844. The van der Waals surface area contributed by atoms with Crippen LogP contribution in [0.1, 0.15) is 46.0 Å². The summed E-state index contributed by atoms with van der Waals surface area (Å²) in [4.78, 5) is 11.5. The summed E-state index contributed by atoms with van der Waals surface area (Å²) >= 11 is 0. The normalized spacial score (nSPS) is 19.0. The predicted molar refractivity (Wildman–Crippen MR) is 67.3 cm³/mol. The summed E-state index contributed by atoms with van der Waals surface area (Å²) in [5, 5.41) is 5.95. The first-order chi connectivity index (χ1) is 7.58. The van der Waals surface area contributed by atoms with Crippen molar-refractivity contribution in [1.82, 2.24) is 10.6 Å². The van der Waals surface area contributed by atoms with Gasteiger partial charge in [-0.15, -0.1) is 0 Å². The maximum absolute atomic E-state index is 11.5. The highest BCUT2D eigenvalue weighted by Gasteiger charge is 2.34. The molecule has 0 spiro atoms. The van der Waals surface area contributed by atoms with Crippen LogP contribution >= 0.6 is 0 Å². The lowest BCUT2D eigenvalue weighted by atomic mass is 9.78. The Morgan fingerprint density at radius 3 is 2.44 bits per heavy atom. The van der Waals surface area contributed by atoms with Crippen LogP contribution in [-0.2, 0) is 4.79 Å². The average Bonchev–Trinajstić information content (AvgIpc) is 2.64. The number of carbonyl (C=O) groups excluding carboxylic acids is 1. The molecule has 0 atom stereocenters. The zero-order valence-electron chi connectivity index (χ0n) is 10.9. The van der Waals surface area contributed by atoms with Gasteiger partial charge in [0.25, 0.3) is 0 Å². The van der Waals surface area contributed by atoms with E-state index in [4.69, 9.17) is 0 Å². The second-order valence-corrected chi connectivity index (χ2v) is 5.61. The maximum atomic E-state index is 11.5. The lowest BCUT2D eigenvalue weighted by Gasteiger charge is -2.31. The molecule has 3 heteroatoms. The quantitative estimate of drug-likeness (QED) is 0.726. The lowest BCUT2D eigenvalue weighted by Crippen LogP contribution is -2.40. The van der Waals surface area contributed by atoms with Crippen molar-refractivity contribution in [2.24, 2.45) is 11.3 Å². The molecule has 16 heavy (non-hydrogen) atoms. The van der Waals surface area contributed by atoms with Crippen LogP contribution in [0, 0.1) is 11.3 Å². The fraction of sp³-hybridized carbons (Fsp3) is 0.923. The Hall–Kier alpha value is -0.570. The first-order valence-corrected chi connectivity index (χ1v) is 6.49. The van der Waals surface area contributed by atoms with Crippen molar-refractivity contribution < 1.29 is 4.79 Å². The number of nitrogens with one attached hydrogen (secondary N) is 2. The molecule has 2 N–H and O–H groups in total. The molecule has 1 rings (SSSR count).